The fourth-order valence-electron chi connectivity index (χ4n) is 3.30. The predicted octanol–water partition coefficient (Wildman–Crippen LogP) is 1.09. The molecule has 4 bridgehead atoms. The van der Waals surface area contributed by atoms with Gasteiger partial charge in [-0.2, -0.15) is 0 Å². The summed E-state index contributed by atoms with van der Waals surface area (Å²) in [6.07, 6.45) is 3.84. The number of aryl methyl sites for hydroxylation is 1. The van der Waals surface area contributed by atoms with E-state index in [1.807, 2.05) is 19.9 Å². The van der Waals surface area contributed by atoms with E-state index < -0.39 is 18.0 Å². The second-order valence-corrected chi connectivity index (χ2v) is 7.92. The minimum atomic E-state index is -0.767. The van der Waals surface area contributed by atoms with Crippen molar-refractivity contribution in [2.45, 2.75) is 65.2 Å². The molecule has 1 aliphatic rings. The molecule has 3 N–H and O–H groups in total. The molecule has 2 atom stereocenters. The maximum Gasteiger partial charge on any atom is 0.252 e. The van der Waals surface area contributed by atoms with Gasteiger partial charge in [0, 0.05) is 5.56 Å². The summed E-state index contributed by atoms with van der Waals surface area (Å²) in [7, 11) is 0. The number of fused-ring (bicyclic) bond motifs is 4. The van der Waals surface area contributed by atoms with Crippen molar-refractivity contribution in [2.24, 2.45) is 0 Å². The lowest BCUT2D eigenvalue weighted by molar-refractivity contribution is -0.129. The van der Waals surface area contributed by atoms with Gasteiger partial charge in [0.15, 0.2) is 0 Å². The number of nitrogens with zero attached hydrogens (tertiary/aromatic N) is 3. The van der Waals surface area contributed by atoms with Crippen LogP contribution in [0.25, 0.3) is 0 Å². The zero-order chi connectivity index (χ0) is 23.1. The highest BCUT2D eigenvalue weighted by Gasteiger charge is 2.25. The lowest BCUT2D eigenvalue weighted by Crippen LogP contribution is -2.52. The minimum absolute atomic E-state index is 0.192. The summed E-state index contributed by atoms with van der Waals surface area (Å²) < 4.78 is 7.49. The van der Waals surface area contributed by atoms with Crippen LogP contribution in [0.4, 0.5) is 0 Å². The molecule has 0 spiro atoms. The van der Waals surface area contributed by atoms with Gasteiger partial charge in [-0.3, -0.25) is 14.4 Å². The Balaban J connectivity index is 1.86. The number of rotatable bonds is 3. The maximum absolute atomic E-state index is 12.9. The van der Waals surface area contributed by atoms with E-state index in [0.717, 1.165) is 18.4 Å². The Kier molecular flexibility index (Phi) is 7.80. The summed E-state index contributed by atoms with van der Waals surface area (Å²) in [5.41, 5.74) is 1.89. The third-order valence-corrected chi connectivity index (χ3v) is 5.28. The second-order valence-electron chi connectivity index (χ2n) is 7.92. The number of benzene rings is 1. The molecule has 3 amide bonds. The summed E-state index contributed by atoms with van der Waals surface area (Å²) >= 11 is 0. The SMILES string of the molecule is CCCC[C@@H]1NC(=O)c2ccc(C)c(c2)OCCn2cc(nn2)CNC(=O)[C@@H](C)NC1=O. The van der Waals surface area contributed by atoms with Gasteiger partial charge in [-0.05, 0) is 38.0 Å². The van der Waals surface area contributed by atoms with E-state index in [1.54, 1.807) is 29.9 Å². The van der Waals surface area contributed by atoms with Crippen LogP contribution in [-0.4, -0.2) is 51.4 Å². The van der Waals surface area contributed by atoms with Crippen LogP contribution in [0.15, 0.2) is 24.4 Å². The van der Waals surface area contributed by atoms with Crippen LogP contribution in [0.3, 0.4) is 0 Å². The van der Waals surface area contributed by atoms with Crippen molar-refractivity contribution < 1.29 is 19.1 Å². The Hall–Kier alpha value is -3.43. The molecule has 2 aromatic rings. The first-order valence-corrected chi connectivity index (χ1v) is 10.9. The van der Waals surface area contributed by atoms with E-state index in [-0.39, 0.29) is 18.4 Å². The van der Waals surface area contributed by atoms with Crippen LogP contribution in [0.5, 0.6) is 5.75 Å². The lowest BCUT2D eigenvalue weighted by atomic mass is 10.1. The summed E-state index contributed by atoms with van der Waals surface area (Å²) in [5.74, 6) is -0.522. The van der Waals surface area contributed by atoms with Crippen molar-refractivity contribution in [1.82, 2.24) is 30.9 Å². The van der Waals surface area contributed by atoms with Crippen LogP contribution >= 0.6 is 0 Å². The normalized spacial score (nSPS) is 20.3. The highest BCUT2D eigenvalue weighted by Crippen LogP contribution is 2.20. The van der Waals surface area contributed by atoms with Gasteiger partial charge in [-0.15, -0.1) is 5.10 Å². The van der Waals surface area contributed by atoms with E-state index >= 15 is 0 Å². The third-order valence-electron chi connectivity index (χ3n) is 5.28. The van der Waals surface area contributed by atoms with Crippen LogP contribution < -0.4 is 20.7 Å². The monoisotopic (exact) mass is 442 g/mol. The highest BCUT2D eigenvalue weighted by molar-refractivity contribution is 5.98. The number of unbranched alkanes of at least 4 members (excludes halogenated alkanes) is 1. The molecular weight excluding hydrogens is 412 g/mol. The van der Waals surface area contributed by atoms with E-state index in [2.05, 4.69) is 26.3 Å². The first-order valence-electron chi connectivity index (χ1n) is 10.9. The maximum atomic E-state index is 12.9. The first kappa shape index (κ1) is 23.2. The number of carbonyl (C=O) groups excluding carboxylic acids is 3. The van der Waals surface area contributed by atoms with Crippen LogP contribution in [0, 0.1) is 6.92 Å². The Morgan fingerprint density at radius 1 is 1.19 bits per heavy atom. The Labute approximate surface area is 187 Å². The molecule has 3 rings (SSSR count). The third kappa shape index (κ3) is 6.05. The summed E-state index contributed by atoms with van der Waals surface area (Å²) in [5, 5.41) is 16.3. The van der Waals surface area contributed by atoms with Crippen molar-refractivity contribution in [2.75, 3.05) is 6.61 Å². The number of ether oxygens (including phenoxy) is 1. The molecule has 0 aliphatic carbocycles. The van der Waals surface area contributed by atoms with Crippen molar-refractivity contribution in [1.29, 1.82) is 0 Å². The molecule has 1 aromatic carbocycles. The van der Waals surface area contributed by atoms with E-state index in [0.29, 0.717) is 36.6 Å². The number of hydrogen-bond donors (Lipinski definition) is 3. The molecule has 0 unspecified atom stereocenters. The van der Waals surface area contributed by atoms with E-state index in [4.69, 9.17) is 4.74 Å². The standard InChI is InChI=1S/C22H30N6O4/c1-4-5-6-18-22(31)24-15(3)20(29)23-12-17-13-28(27-26-17)9-10-32-19-11-16(21(30)25-18)8-7-14(19)2/h7-8,11,13,15,18H,4-6,9-10,12H2,1-3H3,(H,23,29)(H,24,31)(H,25,30)/t15-,18+/m1/s1. The van der Waals surface area contributed by atoms with Crippen LogP contribution in [0.1, 0.15) is 54.7 Å². The first-order chi connectivity index (χ1) is 15.4. The van der Waals surface area contributed by atoms with E-state index in [9.17, 15) is 14.4 Å². The zero-order valence-electron chi connectivity index (χ0n) is 18.7. The predicted molar refractivity (Wildman–Crippen MR) is 117 cm³/mol. The molecule has 10 heteroatoms. The Morgan fingerprint density at radius 3 is 2.78 bits per heavy atom. The fraction of sp³-hybridized carbons (Fsp3) is 0.500. The van der Waals surface area contributed by atoms with Gasteiger partial charge < -0.3 is 20.7 Å². The second kappa shape index (κ2) is 10.7. The Morgan fingerprint density at radius 2 is 2.00 bits per heavy atom. The van der Waals surface area contributed by atoms with Crippen molar-refractivity contribution >= 4 is 17.7 Å². The van der Waals surface area contributed by atoms with Gasteiger partial charge in [0.05, 0.1) is 19.3 Å². The number of carbonyl (C=O) groups is 3. The van der Waals surface area contributed by atoms with Gasteiger partial charge >= 0.3 is 0 Å². The summed E-state index contributed by atoms with van der Waals surface area (Å²) in [4.78, 5) is 38.1. The number of hydrogen-bond acceptors (Lipinski definition) is 6. The topological polar surface area (TPSA) is 127 Å². The van der Waals surface area contributed by atoms with Crippen molar-refractivity contribution in [3.63, 3.8) is 0 Å². The highest BCUT2D eigenvalue weighted by atomic mass is 16.5. The average Bonchev–Trinajstić information content (AvgIpc) is 3.23. The smallest absolute Gasteiger partial charge is 0.252 e. The molecule has 2 heterocycles. The lowest BCUT2D eigenvalue weighted by Gasteiger charge is -2.21. The van der Waals surface area contributed by atoms with Crippen LogP contribution in [-0.2, 0) is 22.7 Å². The molecule has 0 saturated carbocycles. The number of nitrogens with one attached hydrogen (secondary N) is 3. The van der Waals surface area contributed by atoms with Gasteiger partial charge in [0.1, 0.15) is 30.1 Å². The largest absolute Gasteiger partial charge is 0.491 e. The molecule has 1 aliphatic heterocycles. The molecule has 32 heavy (non-hydrogen) atoms. The molecule has 172 valence electrons. The molecule has 0 saturated heterocycles. The molecule has 10 nitrogen and oxygen atoms in total. The number of aromatic nitrogens is 3. The minimum Gasteiger partial charge on any atom is -0.491 e. The average molecular weight is 443 g/mol. The Bertz CT molecular complexity index is 973. The molecule has 0 radical (unpaired) electrons. The van der Waals surface area contributed by atoms with Crippen molar-refractivity contribution in [3.8, 4) is 5.75 Å². The quantitative estimate of drug-likeness (QED) is 0.653. The molecule has 1 aromatic heterocycles. The van der Waals surface area contributed by atoms with Gasteiger partial charge in [0.2, 0.25) is 11.8 Å². The number of amides is 3. The van der Waals surface area contributed by atoms with Crippen molar-refractivity contribution in [3.05, 3.63) is 41.2 Å². The zero-order valence-corrected chi connectivity index (χ0v) is 18.7. The van der Waals surface area contributed by atoms with Gasteiger partial charge in [-0.1, -0.05) is 31.0 Å². The van der Waals surface area contributed by atoms with Gasteiger partial charge in [-0.25, -0.2) is 4.68 Å². The summed E-state index contributed by atoms with van der Waals surface area (Å²) in [6.45, 7) is 6.50. The molecular formula is C22H30N6O4. The van der Waals surface area contributed by atoms with Crippen LogP contribution in [0.2, 0.25) is 0 Å². The van der Waals surface area contributed by atoms with E-state index in [1.165, 1.54) is 0 Å². The molecule has 0 fully saturated rings. The summed E-state index contributed by atoms with van der Waals surface area (Å²) in [6, 6.07) is 3.67. The fourth-order valence-corrected chi connectivity index (χ4v) is 3.30. The van der Waals surface area contributed by atoms with Gasteiger partial charge in [0.25, 0.3) is 5.91 Å².